The van der Waals surface area contributed by atoms with Crippen molar-refractivity contribution < 1.29 is 13.2 Å². The van der Waals surface area contributed by atoms with Crippen LogP contribution < -0.4 is 0 Å². The van der Waals surface area contributed by atoms with Crippen molar-refractivity contribution in [1.82, 2.24) is 14.8 Å². The van der Waals surface area contributed by atoms with Crippen LogP contribution in [0.5, 0.6) is 0 Å². The molecule has 2 atom stereocenters. The number of aromatic nitrogens is 3. The van der Waals surface area contributed by atoms with Gasteiger partial charge in [0.15, 0.2) is 0 Å². The molecule has 1 aliphatic heterocycles. The highest BCUT2D eigenvalue weighted by Gasteiger charge is 2.37. The summed E-state index contributed by atoms with van der Waals surface area (Å²) in [5, 5.41) is 7.66. The molecule has 100 valence electrons. The van der Waals surface area contributed by atoms with Crippen LogP contribution in [0, 0.1) is 0 Å². The summed E-state index contributed by atoms with van der Waals surface area (Å²) < 4.78 is 30.2. The lowest BCUT2D eigenvalue weighted by Gasteiger charge is -2.10. The molecular formula is C10H14ClN3O3S. The lowest BCUT2D eigenvalue weighted by molar-refractivity contribution is 0.123. The van der Waals surface area contributed by atoms with E-state index in [9.17, 15) is 8.42 Å². The van der Waals surface area contributed by atoms with Gasteiger partial charge in [0.25, 0.3) is 14.2 Å². The minimum atomic E-state index is -3.84. The summed E-state index contributed by atoms with van der Waals surface area (Å²) in [5.41, 5.74) is 0. The highest BCUT2D eigenvalue weighted by Crippen LogP contribution is 2.41. The van der Waals surface area contributed by atoms with Gasteiger partial charge < -0.3 is 4.74 Å². The largest absolute Gasteiger partial charge is 0.378 e. The number of ether oxygens (including phenoxy) is 1. The van der Waals surface area contributed by atoms with Crippen molar-refractivity contribution in [2.45, 2.75) is 49.4 Å². The first kappa shape index (κ1) is 12.4. The van der Waals surface area contributed by atoms with Gasteiger partial charge in [0.2, 0.25) is 0 Å². The fraction of sp³-hybridized carbons (Fsp3) is 0.800. The number of halogens is 1. The fourth-order valence-corrected chi connectivity index (χ4v) is 3.34. The van der Waals surface area contributed by atoms with E-state index < -0.39 is 9.05 Å². The fourth-order valence-electron chi connectivity index (χ4n) is 2.41. The Morgan fingerprint density at radius 1 is 1.39 bits per heavy atom. The third kappa shape index (κ3) is 2.15. The minimum Gasteiger partial charge on any atom is -0.378 e. The van der Waals surface area contributed by atoms with Gasteiger partial charge in [0, 0.05) is 22.6 Å². The molecule has 6 nitrogen and oxygen atoms in total. The van der Waals surface area contributed by atoms with Gasteiger partial charge in [-0.05, 0) is 26.2 Å². The van der Waals surface area contributed by atoms with Crippen molar-refractivity contribution in [3.63, 3.8) is 0 Å². The van der Waals surface area contributed by atoms with E-state index in [-0.39, 0.29) is 23.2 Å². The molecule has 1 saturated heterocycles. The van der Waals surface area contributed by atoms with Crippen LogP contribution in [0.4, 0.5) is 0 Å². The molecule has 2 unspecified atom stereocenters. The standard InChI is InChI=1S/C10H14ClN3O3S/c1-6-4-7(5-17-6)9-12-13-10(18(11,15)16)14(9)8-2-3-8/h6-8H,2-5H2,1H3. The topological polar surface area (TPSA) is 74.1 Å². The van der Waals surface area contributed by atoms with Crippen molar-refractivity contribution in [2.24, 2.45) is 0 Å². The van der Waals surface area contributed by atoms with Crippen molar-refractivity contribution >= 4 is 19.7 Å². The Morgan fingerprint density at radius 3 is 2.61 bits per heavy atom. The zero-order chi connectivity index (χ0) is 12.9. The summed E-state index contributed by atoms with van der Waals surface area (Å²) in [4.78, 5) is 0. The van der Waals surface area contributed by atoms with Crippen LogP contribution in [0.2, 0.25) is 0 Å². The summed E-state index contributed by atoms with van der Waals surface area (Å²) in [5.74, 6) is 0.807. The van der Waals surface area contributed by atoms with E-state index in [0.29, 0.717) is 12.4 Å². The quantitative estimate of drug-likeness (QED) is 0.788. The van der Waals surface area contributed by atoms with Crippen molar-refractivity contribution in [2.75, 3.05) is 6.61 Å². The van der Waals surface area contributed by atoms with Crippen molar-refractivity contribution in [3.05, 3.63) is 5.82 Å². The highest BCUT2D eigenvalue weighted by molar-refractivity contribution is 8.13. The smallest absolute Gasteiger partial charge is 0.296 e. The zero-order valence-electron chi connectivity index (χ0n) is 9.91. The molecule has 2 heterocycles. The van der Waals surface area contributed by atoms with E-state index >= 15 is 0 Å². The van der Waals surface area contributed by atoms with Crippen LogP contribution in [0.25, 0.3) is 0 Å². The molecule has 8 heteroatoms. The molecular weight excluding hydrogens is 278 g/mol. The minimum absolute atomic E-state index is 0.111. The van der Waals surface area contributed by atoms with Crippen molar-refractivity contribution in [1.29, 1.82) is 0 Å². The number of hydrogen-bond acceptors (Lipinski definition) is 5. The molecule has 18 heavy (non-hydrogen) atoms. The molecule has 0 amide bonds. The summed E-state index contributed by atoms with van der Waals surface area (Å²) in [6.45, 7) is 2.56. The van der Waals surface area contributed by atoms with Crippen molar-refractivity contribution in [3.8, 4) is 0 Å². The van der Waals surface area contributed by atoms with Gasteiger partial charge >= 0.3 is 0 Å². The van der Waals surface area contributed by atoms with Crippen LogP contribution in [-0.4, -0.2) is 35.9 Å². The normalized spacial score (nSPS) is 28.8. The maximum Gasteiger partial charge on any atom is 0.296 e. The molecule has 1 aromatic rings. The maximum atomic E-state index is 11.5. The molecule has 0 bridgehead atoms. The van der Waals surface area contributed by atoms with E-state index in [1.807, 2.05) is 6.92 Å². The third-order valence-corrected chi connectivity index (χ3v) is 4.51. The van der Waals surface area contributed by atoms with Crippen LogP contribution >= 0.6 is 10.7 Å². The lowest BCUT2D eigenvalue weighted by atomic mass is 10.1. The summed E-state index contributed by atoms with van der Waals surface area (Å²) in [7, 11) is 1.56. The monoisotopic (exact) mass is 291 g/mol. The number of nitrogens with zero attached hydrogens (tertiary/aromatic N) is 3. The second-order valence-corrected chi connectivity index (χ2v) is 7.42. The zero-order valence-corrected chi connectivity index (χ0v) is 11.5. The van der Waals surface area contributed by atoms with Gasteiger partial charge in [-0.1, -0.05) is 0 Å². The first-order valence-electron chi connectivity index (χ1n) is 5.98. The van der Waals surface area contributed by atoms with Crippen LogP contribution in [0.1, 0.15) is 44.0 Å². The van der Waals surface area contributed by atoms with Gasteiger partial charge in [0.1, 0.15) is 5.82 Å². The Morgan fingerprint density at radius 2 is 2.11 bits per heavy atom. The molecule has 2 fully saturated rings. The lowest BCUT2D eigenvalue weighted by Crippen LogP contribution is -2.12. The molecule has 0 N–H and O–H groups in total. The van der Waals surface area contributed by atoms with E-state index in [2.05, 4.69) is 10.2 Å². The van der Waals surface area contributed by atoms with Crippen LogP contribution in [0.3, 0.4) is 0 Å². The second kappa shape index (κ2) is 4.18. The highest BCUT2D eigenvalue weighted by atomic mass is 35.7. The molecule has 0 spiro atoms. The molecule has 1 saturated carbocycles. The van der Waals surface area contributed by atoms with Crippen LogP contribution in [-0.2, 0) is 13.8 Å². The first-order valence-corrected chi connectivity index (χ1v) is 8.29. The third-order valence-electron chi connectivity index (χ3n) is 3.38. The summed E-state index contributed by atoms with van der Waals surface area (Å²) in [6.07, 6.45) is 2.92. The number of hydrogen-bond donors (Lipinski definition) is 0. The first-order chi connectivity index (χ1) is 8.47. The average molecular weight is 292 g/mol. The molecule has 0 aromatic carbocycles. The van der Waals surface area contributed by atoms with Gasteiger partial charge in [-0.2, -0.15) is 0 Å². The average Bonchev–Trinajstić information content (AvgIpc) is 2.85. The van der Waals surface area contributed by atoms with Gasteiger partial charge in [-0.3, -0.25) is 4.57 Å². The Bertz CT molecular complexity index is 567. The Kier molecular flexibility index (Phi) is 2.87. The molecule has 1 aromatic heterocycles. The molecule has 1 aliphatic carbocycles. The van der Waals surface area contributed by atoms with E-state index in [1.54, 1.807) is 4.57 Å². The Labute approximate surface area is 110 Å². The predicted molar refractivity (Wildman–Crippen MR) is 64.1 cm³/mol. The van der Waals surface area contributed by atoms with E-state index in [0.717, 1.165) is 19.3 Å². The van der Waals surface area contributed by atoms with E-state index in [1.165, 1.54) is 0 Å². The van der Waals surface area contributed by atoms with Gasteiger partial charge in [-0.15, -0.1) is 10.2 Å². The molecule has 2 aliphatic rings. The van der Waals surface area contributed by atoms with Gasteiger partial charge in [-0.25, -0.2) is 8.42 Å². The summed E-state index contributed by atoms with van der Waals surface area (Å²) >= 11 is 0. The van der Waals surface area contributed by atoms with Gasteiger partial charge in [0.05, 0.1) is 12.7 Å². The van der Waals surface area contributed by atoms with E-state index in [4.69, 9.17) is 15.4 Å². The SMILES string of the molecule is CC1CC(c2nnc(S(=O)(=O)Cl)n2C2CC2)CO1. The molecule has 3 rings (SSSR count). The second-order valence-electron chi connectivity index (χ2n) is 4.96. The number of rotatable bonds is 3. The maximum absolute atomic E-state index is 11.5. The summed E-state index contributed by atoms with van der Waals surface area (Å²) in [6, 6.07) is 0.175. The predicted octanol–water partition coefficient (Wildman–Crippen LogP) is 1.43. The Hall–Kier alpha value is -0.660. The molecule has 0 radical (unpaired) electrons. The Balaban J connectivity index is 2.02. The van der Waals surface area contributed by atoms with Crippen LogP contribution in [0.15, 0.2) is 5.16 Å².